The molecule has 0 atom stereocenters. The number of morpholine rings is 1. The lowest BCUT2D eigenvalue weighted by Crippen LogP contribution is -2.37. The Morgan fingerprint density at radius 3 is 2.00 bits per heavy atom. The second kappa shape index (κ2) is 6.86. The Kier molecular flexibility index (Phi) is 5.24. The Labute approximate surface area is 144 Å². The van der Waals surface area contributed by atoms with Crippen molar-refractivity contribution in [2.45, 2.75) is 52.7 Å². The molecule has 0 radical (unpaired) electrons. The van der Waals surface area contributed by atoms with E-state index in [2.05, 4.69) is 9.88 Å². The molecule has 0 N–H and O–H groups in total. The smallest absolute Gasteiger partial charge is 0.430 e. The maximum absolute atomic E-state index is 9.40. The molecule has 1 saturated heterocycles. The summed E-state index contributed by atoms with van der Waals surface area (Å²) in [5.41, 5.74) is 0.537. The zero-order chi connectivity index (χ0) is 18.0. The molecule has 1 aromatic carbocycles. The topological polar surface area (TPSA) is 59.1 Å². The van der Waals surface area contributed by atoms with E-state index in [0.29, 0.717) is 30.4 Å². The highest BCUT2D eigenvalue weighted by Crippen LogP contribution is 2.42. The number of nitrogens with zero attached hydrogens (tertiary/aromatic N) is 3. The van der Waals surface area contributed by atoms with Gasteiger partial charge in [0.2, 0.25) is 11.1 Å². The molecule has 1 aromatic rings. The van der Waals surface area contributed by atoms with Crippen molar-refractivity contribution in [1.82, 2.24) is 0 Å². The van der Waals surface area contributed by atoms with Crippen molar-refractivity contribution in [3.8, 4) is 11.5 Å². The summed E-state index contributed by atoms with van der Waals surface area (Å²) in [7, 11) is 0. The van der Waals surface area contributed by atoms with E-state index in [-0.39, 0.29) is 5.60 Å². The number of diazo groups is 1. The summed E-state index contributed by atoms with van der Waals surface area (Å²) in [6.45, 7) is 14.8. The van der Waals surface area contributed by atoms with Crippen LogP contribution in [0.4, 0.5) is 11.4 Å². The lowest BCUT2D eigenvalue weighted by molar-refractivity contribution is 0.117. The summed E-state index contributed by atoms with van der Waals surface area (Å²) in [6.07, 6.45) is 0. The van der Waals surface area contributed by atoms with Gasteiger partial charge in [0.25, 0.3) is 0 Å². The van der Waals surface area contributed by atoms with Crippen molar-refractivity contribution in [3.05, 3.63) is 17.1 Å². The summed E-state index contributed by atoms with van der Waals surface area (Å²) in [5, 5.41) is 9.40. The second-order valence-corrected chi connectivity index (χ2v) is 7.92. The van der Waals surface area contributed by atoms with E-state index in [1.54, 1.807) is 6.07 Å². The van der Waals surface area contributed by atoms with Gasteiger partial charge < -0.3 is 19.1 Å². The van der Waals surface area contributed by atoms with Gasteiger partial charge in [0, 0.05) is 19.2 Å². The van der Waals surface area contributed by atoms with Crippen LogP contribution < -0.4 is 14.4 Å². The van der Waals surface area contributed by atoms with Crippen molar-refractivity contribution in [1.29, 1.82) is 5.39 Å². The van der Waals surface area contributed by atoms with E-state index in [0.717, 1.165) is 18.8 Å². The molecule has 1 aliphatic heterocycles. The van der Waals surface area contributed by atoms with Crippen molar-refractivity contribution in [2.24, 2.45) is 0 Å². The van der Waals surface area contributed by atoms with Gasteiger partial charge in [-0.25, -0.2) is 0 Å². The molecule has 0 aliphatic carbocycles. The van der Waals surface area contributed by atoms with Crippen LogP contribution in [0.5, 0.6) is 11.5 Å². The van der Waals surface area contributed by atoms with E-state index in [1.165, 1.54) is 0 Å². The van der Waals surface area contributed by atoms with E-state index < -0.39 is 5.60 Å². The fraction of sp³-hybridized carbons (Fsp3) is 0.667. The first-order valence-electron chi connectivity index (χ1n) is 8.33. The summed E-state index contributed by atoms with van der Waals surface area (Å²) in [6, 6.07) is 3.63. The first kappa shape index (κ1) is 18.3. The fourth-order valence-electron chi connectivity index (χ4n) is 2.49. The zero-order valence-corrected chi connectivity index (χ0v) is 15.5. The van der Waals surface area contributed by atoms with Crippen molar-refractivity contribution in [2.75, 3.05) is 31.2 Å². The summed E-state index contributed by atoms with van der Waals surface area (Å²) in [5.74, 6) is 1.21. The van der Waals surface area contributed by atoms with Crippen LogP contribution in [0.3, 0.4) is 0 Å². The van der Waals surface area contributed by atoms with E-state index >= 15 is 0 Å². The first-order valence-corrected chi connectivity index (χ1v) is 8.33. The average molecular weight is 334 g/mol. The predicted octanol–water partition coefficient (Wildman–Crippen LogP) is 4.36. The molecule has 0 aromatic heterocycles. The highest BCUT2D eigenvalue weighted by molar-refractivity contribution is 5.72. The summed E-state index contributed by atoms with van der Waals surface area (Å²) >= 11 is 0. The van der Waals surface area contributed by atoms with Gasteiger partial charge in [0.05, 0.1) is 25.0 Å². The minimum Gasteiger partial charge on any atom is -0.486 e. The third-order valence-corrected chi connectivity index (χ3v) is 3.33. The van der Waals surface area contributed by atoms with Gasteiger partial charge in [-0.3, -0.25) is 0 Å². The minimum atomic E-state index is -0.395. The summed E-state index contributed by atoms with van der Waals surface area (Å²) in [4.78, 5) is 5.59. The minimum absolute atomic E-state index is 0.361. The second-order valence-electron chi connectivity index (χ2n) is 7.92. The molecule has 24 heavy (non-hydrogen) atoms. The van der Waals surface area contributed by atoms with Gasteiger partial charge in [0.15, 0.2) is 10.7 Å². The molecule has 0 unspecified atom stereocenters. The molecule has 0 bridgehead atoms. The van der Waals surface area contributed by atoms with Crippen LogP contribution >= 0.6 is 0 Å². The molecule has 0 saturated carbocycles. The molecular formula is C18H28N3O3+. The Bertz CT molecular complexity index is 618. The Morgan fingerprint density at radius 2 is 1.50 bits per heavy atom. The number of benzene rings is 1. The third kappa shape index (κ3) is 5.00. The van der Waals surface area contributed by atoms with Crippen LogP contribution in [0.15, 0.2) is 12.1 Å². The Balaban J connectivity index is 2.49. The fourth-order valence-corrected chi connectivity index (χ4v) is 2.49. The van der Waals surface area contributed by atoms with Crippen LogP contribution in [0.25, 0.3) is 4.98 Å². The van der Waals surface area contributed by atoms with Crippen molar-refractivity contribution >= 4 is 11.4 Å². The van der Waals surface area contributed by atoms with E-state index in [1.807, 2.05) is 47.6 Å². The van der Waals surface area contributed by atoms with Crippen LogP contribution in [-0.4, -0.2) is 37.5 Å². The van der Waals surface area contributed by atoms with Crippen LogP contribution in [0.1, 0.15) is 41.5 Å². The number of hydrogen-bond donors (Lipinski definition) is 0. The van der Waals surface area contributed by atoms with Gasteiger partial charge >= 0.3 is 5.69 Å². The summed E-state index contributed by atoms with van der Waals surface area (Å²) < 4.78 is 17.5. The van der Waals surface area contributed by atoms with E-state index in [9.17, 15) is 5.39 Å². The van der Waals surface area contributed by atoms with Gasteiger partial charge in [-0.1, -0.05) is 0 Å². The number of rotatable bonds is 3. The van der Waals surface area contributed by atoms with E-state index in [4.69, 9.17) is 14.2 Å². The molecule has 0 amide bonds. The Hall–Kier alpha value is -2.00. The zero-order valence-electron chi connectivity index (χ0n) is 15.5. The lowest BCUT2D eigenvalue weighted by Gasteiger charge is -2.32. The van der Waals surface area contributed by atoms with Gasteiger partial charge in [0.1, 0.15) is 11.2 Å². The number of ether oxygens (including phenoxy) is 3. The monoisotopic (exact) mass is 334 g/mol. The molecule has 6 nitrogen and oxygen atoms in total. The quantitative estimate of drug-likeness (QED) is 0.769. The van der Waals surface area contributed by atoms with Crippen molar-refractivity contribution < 1.29 is 14.2 Å². The van der Waals surface area contributed by atoms with Crippen LogP contribution in [0, 0.1) is 5.39 Å². The van der Waals surface area contributed by atoms with Gasteiger partial charge in [-0.05, 0) is 41.5 Å². The molecule has 1 heterocycles. The molecule has 1 fully saturated rings. The normalized spacial score (nSPS) is 15.8. The molecule has 6 heteroatoms. The maximum atomic E-state index is 9.40. The highest BCUT2D eigenvalue weighted by atomic mass is 16.5. The molecular weight excluding hydrogens is 306 g/mol. The van der Waals surface area contributed by atoms with Gasteiger partial charge in [-0.2, -0.15) is 0 Å². The highest BCUT2D eigenvalue weighted by Gasteiger charge is 2.29. The standard InChI is InChI=1S/C18H28N3O3/c1-17(2,3)23-15-12-14(21-7-9-22-10-8-21)16(11-13(15)20-19)24-18(4,5)6/h11-12H,7-10H2,1-6H3/q+1. The van der Waals surface area contributed by atoms with Crippen LogP contribution in [0.2, 0.25) is 0 Å². The molecule has 132 valence electrons. The predicted molar refractivity (Wildman–Crippen MR) is 95.0 cm³/mol. The number of hydrogen-bond acceptors (Lipinski definition) is 5. The maximum Gasteiger partial charge on any atom is 0.430 e. The lowest BCUT2D eigenvalue weighted by atomic mass is 10.1. The Morgan fingerprint density at radius 1 is 0.958 bits per heavy atom. The SMILES string of the molecule is CC(C)(C)Oc1cc(N2CCOCC2)c(OC(C)(C)C)cc1[N+]#N. The average Bonchev–Trinajstić information content (AvgIpc) is 2.46. The molecule has 2 rings (SSSR count). The number of anilines is 1. The van der Waals surface area contributed by atoms with Crippen molar-refractivity contribution in [3.63, 3.8) is 0 Å². The largest absolute Gasteiger partial charge is 0.486 e. The van der Waals surface area contributed by atoms with Gasteiger partial charge in [-0.15, -0.1) is 0 Å². The third-order valence-electron chi connectivity index (χ3n) is 3.33. The molecule has 0 spiro atoms. The van der Waals surface area contributed by atoms with Crippen LogP contribution in [-0.2, 0) is 4.74 Å². The first-order chi connectivity index (χ1) is 11.1. The molecule has 1 aliphatic rings.